The fraction of sp³-hybridized carbons (Fsp3) is 1.00. The van der Waals surface area contributed by atoms with Crippen molar-refractivity contribution in [1.29, 1.82) is 0 Å². The summed E-state index contributed by atoms with van der Waals surface area (Å²) >= 11 is 0.00694. The second-order valence-electron chi connectivity index (χ2n) is 6.94. The molecule has 2 aliphatic rings. The quantitative estimate of drug-likeness (QED) is 0.649. The first kappa shape index (κ1) is 23.0. The first-order chi connectivity index (χ1) is 11.7. The van der Waals surface area contributed by atoms with Gasteiger partial charge in [-0.2, -0.15) is 0 Å². The van der Waals surface area contributed by atoms with E-state index < -0.39 is 0 Å². The summed E-state index contributed by atoms with van der Waals surface area (Å²) in [5.41, 5.74) is 0. The first-order valence-corrected chi connectivity index (χ1v) is 12.7. The fourth-order valence-corrected chi connectivity index (χ4v) is 3.46. The Morgan fingerprint density at radius 3 is 1.92 bits per heavy atom. The van der Waals surface area contributed by atoms with Gasteiger partial charge < -0.3 is 19.6 Å². The molecule has 0 amide bonds. The number of fused-ring (bicyclic) bond motifs is 3. The number of hydrogen-bond donors (Lipinski definition) is 0. The van der Waals surface area contributed by atoms with Gasteiger partial charge in [-0.1, -0.05) is 13.3 Å². The van der Waals surface area contributed by atoms with Crippen LogP contribution < -0.4 is 0 Å². The summed E-state index contributed by atoms with van der Waals surface area (Å²) in [4.78, 5) is 10.6. The minimum atomic E-state index is 0.00694. The van der Waals surface area contributed by atoms with Crippen molar-refractivity contribution in [3.05, 3.63) is 0 Å². The van der Waals surface area contributed by atoms with Gasteiger partial charge in [0.1, 0.15) is 0 Å². The molecule has 0 aromatic heterocycles. The van der Waals surface area contributed by atoms with Gasteiger partial charge in [0.2, 0.25) is 0 Å². The Hall–Kier alpha value is 0.939. The molecular formula is C17H36Cl2MnN4. The van der Waals surface area contributed by atoms with Crippen molar-refractivity contribution in [3.8, 4) is 0 Å². The van der Waals surface area contributed by atoms with E-state index >= 15 is 0 Å². The third-order valence-corrected chi connectivity index (χ3v) is 5.05. The van der Waals surface area contributed by atoms with Crippen LogP contribution in [-0.4, -0.2) is 98.6 Å². The van der Waals surface area contributed by atoms with Crippen molar-refractivity contribution < 1.29 is 13.1 Å². The summed E-state index contributed by atoms with van der Waals surface area (Å²) in [5.74, 6) is 0. The molecule has 2 saturated heterocycles. The van der Waals surface area contributed by atoms with Gasteiger partial charge in [-0.3, -0.25) is 0 Å². The second kappa shape index (κ2) is 15.0. The molecule has 2 fully saturated rings. The van der Waals surface area contributed by atoms with E-state index in [1.807, 2.05) is 0 Å². The van der Waals surface area contributed by atoms with Gasteiger partial charge in [0.25, 0.3) is 0 Å². The molecule has 0 radical (unpaired) electrons. The van der Waals surface area contributed by atoms with Gasteiger partial charge in [0.05, 0.1) is 0 Å². The van der Waals surface area contributed by atoms with Crippen molar-refractivity contribution >= 4 is 20.2 Å². The molecule has 2 heterocycles. The van der Waals surface area contributed by atoms with Crippen LogP contribution in [0, 0.1) is 0 Å². The van der Waals surface area contributed by atoms with Crippen LogP contribution in [0.1, 0.15) is 32.6 Å². The Labute approximate surface area is 164 Å². The molecule has 24 heavy (non-hydrogen) atoms. The summed E-state index contributed by atoms with van der Waals surface area (Å²) < 4.78 is 0. The number of rotatable bonds is 3. The molecule has 2 rings (SSSR count). The van der Waals surface area contributed by atoms with Crippen molar-refractivity contribution in [2.24, 2.45) is 0 Å². The van der Waals surface area contributed by atoms with Gasteiger partial charge in [-0.15, -0.1) is 0 Å². The predicted molar refractivity (Wildman–Crippen MR) is 103 cm³/mol. The molecular weight excluding hydrogens is 386 g/mol. The van der Waals surface area contributed by atoms with Crippen LogP contribution in [0.3, 0.4) is 0 Å². The third-order valence-electron chi connectivity index (χ3n) is 5.05. The van der Waals surface area contributed by atoms with Crippen LogP contribution in [0.25, 0.3) is 0 Å². The summed E-state index contributed by atoms with van der Waals surface area (Å²) in [6.45, 7) is 16.3. The maximum absolute atomic E-state index is 4.80. The summed E-state index contributed by atoms with van der Waals surface area (Å²) in [5, 5.41) is 0. The van der Waals surface area contributed by atoms with E-state index in [9.17, 15) is 0 Å². The van der Waals surface area contributed by atoms with Gasteiger partial charge in [-0.05, 0) is 59.0 Å². The molecule has 0 saturated carbocycles. The Morgan fingerprint density at radius 2 is 1.29 bits per heavy atom. The maximum atomic E-state index is 4.80. The summed E-state index contributed by atoms with van der Waals surface area (Å²) in [6.07, 6.45) is 5.34. The van der Waals surface area contributed by atoms with E-state index in [-0.39, 0.29) is 13.1 Å². The van der Waals surface area contributed by atoms with E-state index in [1.54, 1.807) is 0 Å². The van der Waals surface area contributed by atoms with Crippen molar-refractivity contribution in [2.75, 3.05) is 79.0 Å². The molecule has 0 aliphatic carbocycles. The Morgan fingerprint density at radius 1 is 0.750 bits per heavy atom. The monoisotopic (exact) mass is 421 g/mol. The van der Waals surface area contributed by atoms with Crippen LogP contribution in [0.4, 0.5) is 0 Å². The standard InChI is InChI=1S/C17H36N4.2ClH.Mn/c1-3-4-8-19-10-6-11-20-13-12-18(2)7-5-9-21(15-14-19)17-16-20;;;/h3-17H2,1-2H3;2*1H;/q;;;+2/p-2. The number of nitrogens with zero attached hydrogens (tertiary/aromatic N) is 4. The Balaban J connectivity index is 0.000000891. The van der Waals surface area contributed by atoms with Gasteiger partial charge in [-0.25, -0.2) is 0 Å². The minimum absolute atomic E-state index is 0.00694. The number of halogens is 2. The van der Waals surface area contributed by atoms with E-state index in [4.69, 9.17) is 20.2 Å². The van der Waals surface area contributed by atoms with Crippen LogP contribution >= 0.6 is 20.2 Å². The number of hydrogen-bond acceptors (Lipinski definition) is 4. The molecule has 7 heteroatoms. The molecule has 0 spiro atoms. The van der Waals surface area contributed by atoms with Gasteiger partial charge in [0.15, 0.2) is 0 Å². The molecule has 2 aliphatic heterocycles. The normalized spacial score (nSPS) is 28.0. The van der Waals surface area contributed by atoms with Crippen LogP contribution in [-0.2, 0) is 13.1 Å². The molecule has 0 aromatic rings. The number of unbranched alkanes of at least 4 members (excludes halogenated alkanes) is 1. The van der Waals surface area contributed by atoms with Crippen molar-refractivity contribution in [3.63, 3.8) is 0 Å². The van der Waals surface area contributed by atoms with Crippen molar-refractivity contribution in [1.82, 2.24) is 19.6 Å². The van der Waals surface area contributed by atoms with Crippen molar-refractivity contribution in [2.45, 2.75) is 32.6 Å². The molecule has 4 nitrogen and oxygen atoms in total. The Kier molecular flexibility index (Phi) is 14.4. The van der Waals surface area contributed by atoms with Crippen LogP contribution in [0.5, 0.6) is 0 Å². The molecule has 2 atom stereocenters. The zero-order chi connectivity index (χ0) is 17.6. The predicted octanol–water partition coefficient (Wildman–Crippen LogP) is 2.81. The average molecular weight is 422 g/mol. The molecule has 2 bridgehead atoms. The SMILES string of the molecule is CCCCN1CCCN2CCN(C)CCCN(CC1)CC2.[Cl][Mn][Cl]. The average Bonchev–Trinajstić information content (AvgIpc) is 2.58. The Bertz CT molecular complexity index is 300. The first-order valence-electron chi connectivity index (χ1n) is 9.42. The topological polar surface area (TPSA) is 13.0 Å². The van der Waals surface area contributed by atoms with Gasteiger partial charge >= 0.3 is 33.3 Å². The fourth-order valence-electron chi connectivity index (χ4n) is 3.46. The molecule has 145 valence electrons. The van der Waals surface area contributed by atoms with Gasteiger partial charge in [0, 0.05) is 39.3 Å². The summed E-state index contributed by atoms with van der Waals surface area (Å²) in [6, 6.07) is 0. The van der Waals surface area contributed by atoms with E-state index in [2.05, 4.69) is 33.6 Å². The zero-order valence-corrected chi connectivity index (χ0v) is 18.2. The summed E-state index contributed by atoms with van der Waals surface area (Å²) in [7, 11) is 11.9. The molecule has 0 aromatic carbocycles. The number of likely N-dealkylation sites (N-methyl/N-ethyl adjacent to an activating group) is 1. The third kappa shape index (κ3) is 10.8. The van der Waals surface area contributed by atoms with E-state index in [0.29, 0.717) is 0 Å². The van der Waals surface area contributed by atoms with Crippen LogP contribution in [0.15, 0.2) is 0 Å². The molecule has 2 unspecified atom stereocenters. The zero-order valence-electron chi connectivity index (χ0n) is 15.5. The second-order valence-corrected chi connectivity index (χ2v) is 8.89. The van der Waals surface area contributed by atoms with Crippen LogP contribution in [0.2, 0.25) is 0 Å². The molecule has 0 N–H and O–H groups in total. The van der Waals surface area contributed by atoms with E-state index in [1.165, 1.54) is 97.7 Å². The van der Waals surface area contributed by atoms with E-state index in [0.717, 1.165) is 0 Å².